The fourth-order valence-electron chi connectivity index (χ4n) is 2.66. The van der Waals surface area contributed by atoms with Gasteiger partial charge in [-0.05, 0) is 60.7 Å². The molecule has 0 aromatic heterocycles. The van der Waals surface area contributed by atoms with Gasteiger partial charge in [0.15, 0.2) is 9.84 Å². The van der Waals surface area contributed by atoms with E-state index in [1.54, 1.807) is 0 Å². The van der Waals surface area contributed by atoms with Crippen molar-refractivity contribution >= 4 is 37.0 Å². The molecule has 0 unspecified atom stereocenters. The summed E-state index contributed by atoms with van der Waals surface area (Å²) in [7, 11) is -7.26. The summed E-state index contributed by atoms with van der Waals surface area (Å²) in [6.45, 7) is 0. The highest BCUT2D eigenvalue weighted by atomic mass is 32.2. The maximum absolute atomic E-state index is 12.7. The van der Waals surface area contributed by atoms with Crippen molar-refractivity contribution in [3.8, 4) is 0 Å². The summed E-state index contributed by atoms with van der Waals surface area (Å²) >= 11 is 0. The molecular weight excluding hydrogens is 444 g/mol. The predicted octanol–water partition coefficient (Wildman–Crippen LogP) is 3.08. The Kier molecular flexibility index (Phi) is 5.91. The SMILES string of the molecule is CS(=O)(=O)c1ccc(C(=O)Nc2ccc(S(=O)(=O)c3ccc([N+](=O)[O-])cc3)cc2)cc1. The number of benzene rings is 3. The summed E-state index contributed by atoms with van der Waals surface area (Å²) < 4.78 is 48.3. The van der Waals surface area contributed by atoms with Crippen LogP contribution in [-0.2, 0) is 19.7 Å². The first-order chi connectivity index (χ1) is 14.5. The average Bonchev–Trinajstić information content (AvgIpc) is 2.73. The minimum Gasteiger partial charge on any atom is -0.322 e. The number of hydrogen-bond acceptors (Lipinski definition) is 7. The molecule has 0 radical (unpaired) electrons. The Hall–Kier alpha value is -3.57. The van der Waals surface area contributed by atoms with E-state index in [1.165, 1.54) is 48.5 Å². The number of rotatable bonds is 6. The maximum Gasteiger partial charge on any atom is 0.269 e. The number of nitrogens with one attached hydrogen (secondary N) is 1. The van der Waals surface area contributed by atoms with Crippen LogP contribution in [0.3, 0.4) is 0 Å². The van der Waals surface area contributed by atoms with Gasteiger partial charge in [0.25, 0.3) is 11.6 Å². The molecule has 1 N–H and O–H groups in total. The maximum atomic E-state index is 12.7. The lowest BCUT2D eigenvalue weighted by molar-refractivity contribution is -0.384. The third-order valence-corrected chi connectivity index (χ3v) is 7.24. The highest BCUT2D eigenvalue weighted by Gasteiger charge is 2.19. The molecule has 0 bridgehead atoms. The third-order valence-electron chi connectivity index (χ3n) is 4.32. The van der Waals surface area contributed by atoms with Crippen LogP contribution in [0.2, 0.25) is 0 Å². The Labute approximate surface area is 178 Å². The monoisotopic (exact) mass is 460 g/mol. The minimum atomic E-state index is -3.89. The van der Waals surface area contributed by atoms with Crippen molar-refractivity contribution in [2.45, 2.75) is 14.7 Å². The molecule has 31 heavy (non-hydrogen) atoms. The van der Waals surface area contributed by atoms with Gasteiger partial charge >= 0.3 is 0 Å². The van der Waals surface area contributed by atoms with Crippen LogP contribution in [0.25, 0.3) is 0 Å². The number of anilines is 1. The molecule has 0 aliphatic rings. The quantitative estimate of drug-likeness (QED) is 0.440. The minimum absolute atomic E-state index is 0.0446. The molecule has 0 fully saturated rings. The number of nitrogens with zero attached hydrogens (tertiary/aromatic N) is 1. The molecule has 0 aliphatic carbocycles. The lowest BCUT2D eigenvalue weighted by atomic mass is 10.2. The Balaban J connectivity index is 1.76. The predicted molar refractivity (Wildman–Crippen MR) is 112 cm³/mol. The summed E-state index contributed by atoms with van der Waals surface area (Å²) in [4.78, 5) is 22.4. The van der Waals surface area contributed by atoms with E-state index in [9.17, 15) is 31.7 Å². The summed E-state index contributed by atoms with van der Waals surface area (Å²) in [6, 6.07) is 15.3. The molecule has 0 heterocycles. The first-order valence-electron chi connectivity index (χ1n) is 8.69. The number of non-ortho nitro benzene ring substituents is 1. The zero-order valence-corrected chi connectivity index (χ0v) is 17.7. The normalized spacial score (nSPS) is 11.6. The molecule has 9 nitrogen and oxygen atoms in total. The first-order valence-corrected chi connectivity index (χ1v) is 12.1. The molecule has 3 aromatic carbocycles. The van der Waals surface area contributed by atoms with E-state index in [4.69, 9.17) is 0 Å². The highest BCUT2D eigenvalue weighted by molar-refractivity contribution is 7.91. The lowest BCUT2D eigenvalue weighted by Crippen LogP contribution is -2.12. The molecule has 3 aromatic rings. The first kappa shape index (κ1) is 22.1. The fourth-order valence-corrected chi connectivity index (χ4v) is 4.55. The van der Waals surface area contributed by atoms with E-state index in [2.05, 4.69) is 5.32 Å². The molecule has 1 amide bonds. The number of hydrogen-bond donors (Lipinski definition) is 1. The van der Waals surface area contributed by atoms with E-state index < -0.39 is 30.5 Å². The van der Waals surface area contributed by atoms with E-state index in [0.717, 1.165) is 30.5 Å². The fraction of sp³-hybridized carbons (Fsp3) is 0.0500. The Morgan fingerprint density at radius 3 is 1.68 bits per heavy atom. The number of nitro groups is 1. The summed E-state index contributed by atoms with van der Waals surface area (Å²) in [5, 5.41) is 13.3. The van der Waals surface area contributed by atoms with Crippen molar-refractivity contribution in [1.29, 1.82) is 0 Å². The van der Waals surface area contributed by atoms with Gasteiger partial charge < -0.3 is 5.32 Å². The second-order valence-corrected chi connectivity index (χ2v) is 10.5. The lowest BCUT2D eigenvalue weighted by Gasteiger charge is -2.08. The molecular formula is C20H16N2O7S2. The number of carbonyl (C=O) groups is 1. The van der Waals surface area contributed by atoms with Gasteiger partial charge in [-0.1, -0.05) is 0 Å². The molecule has 0 spiro atoms. The Bertz CT molecular complexity index is 1350. The molecule has 0 atom stereocenters. The topological polar surface area (TPSA) is 141 Å². The van der Waals surface area contributed by atoms with Crippen molar-refractivity contribution in [3.63, 3.8) is 0 Å². The van der Waals surface area contributed by atoms with Crippen LogP contribution in [0.4, 0.5) is 11.4 Å². The third kappa shape index (κ3) is 4.95. The number of amides is 1. The van der Waals surface area contributed by atoms with E-state index >= 15 is 0 Å². The molecule has 11 heteroatoms. The van der Waals surface area contributed by atoms with Gasteiger partial charge in [0.05, 0.1) is 19.6 Å². The molecule has 0 saturated carbocycles. The average molecular weight is 460 g/mol. The Morgan fingerprint density at radius 2 is 1.23 bits per heavy atom. The number of sulfone groups is 2. The largest absolute Gasteiger partial charge is 0.322 e. The van der Waals surface area contributed by atoms with Crippen molar-refractivity contribution in [3.05, 3.63) is 88.5 Å². The van der Waals surface area contributed by atoms with E-state index in [0.29, 0.717) is 5.69 Å². The smallest absolute Gasteiger partial charge is 0.269 e. The summed E-state index contributed by atoms with van der Waals surface area (Å²) in [6.07, 6.45) is 1.06. The van der Waals surface area contributed by atoms with Gasteiger partial charge in [-0.15, -0.1) is 0 Å². The zero-order valence-electron chi connectivity index (χ0n) is 16.0. The van der Waals surface area contributed by atoms with Gasteiger partial charge in [-0.3, -0.25) is 14.9 Å². The van der Waals surface area contributed by atoms with Crippen LogP contribution in [0, 0.1) is 10.1 Å². The van der Waals surface area contributed by atoms with Gasteiger partial charge in [-0.25, -0.2) is 16.8 Å². The Morgan fingerprint density at radius 1 is 0.774 bits per heavy atom. The van der Waals surface area contributed by atoms with Crippen LogP contribution in [0.15, 0.2) is 87.5 Å². The molecule has 3 rings (SSSR count). The van der Waals surface area contributed by atoms with Crippen LogP contribution in [0.1, 0.15) is 10.4 Å². The molecule has 0 aliphatic heterocycles. The standard InChI is InChI=1S/C20H16N2O7S2/c1-30(26,27)17-8-2-14(3-9-17)20(23)21-15-4-10-18(11-5-15)31(28,29)19-12-6-16(7-13-19)22(24)25/h2-13H,1H3,(H,21,23). The van der Waals surface area contributed by atoms with Gasteiger partial charge in [0.2, 0.25) is 9.84 Å². The highest BCUT2D eigenvalue weighted by Crippen LogP contribution is 2.24. The summed E-state index contributed by atoms with van der Waals surface area (Å²) in [5.41, 5.74) is 0.344. The van der Waals surface area contributed by atoms with Crippen LogP contribution >= 0.6 is 0 Å². The molecule has 160 valence electrons. The van der Waals surface area contributed by atoms with Gasteiger partial charge in [0, 0.05) is 29.6 Å². The van der Waals surface area contributed by atoms with Gasteiger partial charge in [0.1, 0.15) is 0 Å². The van der Waals surface area contributed by atoms with E-state index in [1.807, 2.05) is 0 Å². The van der Waals surface area contributed by atoms with Gasteiger partial charge in [-0.2, -0.15) is 0 Å². The number of carbonyl (C=O) groups excluding carboxylic acids is 1. The van der Waals surface area contributed by atoms with Crippen LogP contribution < -0.4 is 5.32 Å². The van der Waals surface area contributed by atoms with Crippen LogP contribution in [0.5, 0.6) is 0 Å². The number of nitro benzene ring substituents is 1. The van der Waals surface area contributed by atoms with Crippen molar-refractivity contribution in [2.24, 2.45) is 0 Å². The zero-order chi connectivity index (χ0) is 22.8. The second kappa shape index (κ2) is 8.28. The molecule has 0 saturated heterocycles. The van der Waals surface area contributed by atoms with Crippen LogP contribution in [-0.4, -0.2) is 33.9 Å². The van der Waals surface area contributed by atoms with E-state index in [-0.39, 0.29) is 25.9 Å². The van der Waals surface area contributed by atoms with Crippen molar-refractivity contribution in [1.82, 2.24) is 0 Å². The van der Waals surface area contributed by atoms with Crippen molar-refractivity contribution < 1.29 is 26.6 Å². The van der Waals surface area contributed by atoms with Crippen molar-refractivity contribution in [2.75, 3.05) is 11.6 Å². The second-order valence-electron chi connectivity index (χ2n) is 6.53. The summed E-state index contributed by atoms with van der Waals surface area (Å²) in [5.74, 6) is -0.494.